The van der Waals surface area contributed by atoms with Gasteiger partial charge in [0.2, 0.25) is 0 Å². The molecule has 0 bridgehead atoms. The Labute approximate surface area is 164 Å². The minimum Gasteiger partial charge on any atom is -1.00 e. The molecular weight excluding hydrogens is 429 g/mol. The lowest BCUT2D eigenvalue weighted by molar-refractivity contribution is -0.571. The maximum Gasteiger partial charge on any atom is 0.329 e. The number of benzene rings is 2. The van der Waals surface area contributed by atoms with Crippen molar-refractivity contribution in [3.8, 4) is 0 Å². The zero-order valence-electron chi connectivity index (χ0n) is 13.5. The number of nitrogens with two attached hydrogens (primary N) is 1. The molecule has 0 fully saturated rings. The molecule has 2 atom stereocenters. The highest BCUT2D eigenvalue weighted by molar-refractivity contribution is 8.12. The molecule has 0 amide bonds. The molecule has 0 aromatic heterocycles. The van der Waals surface area contributed by atoms with Crippen LogP contribution in [0.2, 0.25) is 0 Å². The number of aryl methyl sites for hydroxylation is 1. The molecule has 5 heteroatoms. The Kier molecular flexibility index (Phi) is 5.30. The van der Waals surface area contributed by atoms with E-state index in [0.29, 0.717) is 5.92 Å². The van der Waals surface area contributed by atoms with Crippen LogP contribution < -0.4 is 29.7 Å². The largest absolute Gasteiger partial charge is 1.00 e. The van der Waals surface area contributed by atoms with Crippen LogP contribution >= 0.6 is 11.8 Å². The van der Waals surface area contributed by atoms with Crippen LogP contribution in [-0.2, 0) is 6.42 Å². The molecule has 1 aliphatic heterocycles. The van der Waals surface area contributed by atoms with Gasteiger partial charge >= 0.3 is 5.17 Å². The van der Waals surface area contributed by atoms with Gasteiger partial charge in [0.1, 0.15) is 0 Å². The number of rotatable bonds is 1. The second-order valence-electron chi connectivity index (χ2n) is 6.03. The number of thioether (sulfide) groups is 1. The smallest absolute Gasteiger partial charge is 0.329 e. The molecule has 2 N–H and O–H groups in total. The SMILES string of the molecule is CS/C(N)=[N+]1/N=C2c3ccccc3CC[C@H]2[C@H]1c1ccccc1.[I-]. The average Bonchev–Trinajstić information content (AvgIpc) is 3.01. The summed E-state index contributed by atoms with van der Waals surface area (Å²) in [6.07, 6.45) is 4.23. The Balaban J connectivity index is 0.00000169. The summed E-state index contributed by atoms with van der Waals surface area (Å²) in [6.45, 7) is 0. The van der Waals surface area contributed by atoms with Crippen molar-refractivity contribution in [3.63, 3.8) is 0 Å². The minimum absolute atomic E-state index is 0. The lowest BCUT2D eigenvalue weighted by Gasteiger charge is -2.24. The Hall–Kier alpha value is -1.34. The van der Waals surface area contributed by atoms with Crippen LogP contribution in [0.25, 0.3) is 0 Å². The Morgan fingerprint density at radius 1 is 1.12 bits per heavy atom. The quantitative estimate of drug-likeness (QED) is 0.389. The highest BCUT2D eigenvalue weighted by atomic mass is 127. The fourth-order valence-electron chi connectivity index (χ4n) is 3.72. The topological polar surface area (TPSA) is 41.4 Å². The van der Waals surface area contributed by atoms with E-state index in [0.717, 1.165) is 18.0 Å². The summed E-state index contributed by atoms with van der Waals surface area (Å²) in [7, 11) is 0. The van der Waals surface area contributed by atoms with Gasteiger partial charge in [-0.3, -0.25) is 5.73 Å². The van der Waals surface area contributed by atoms with Crippen LogP contribution in [0.1, 0.15) is 29.2 Å². The van der Waals surface area contributed by atoms with Gasteiger partial charge in [-0.1, -0.05) is 59.7 Å². The van der Waals surface area contributed by atoms with Crippen LogP contribution in [0.15, 0.2) is 59.7 Å². The fraction of sp³-hybridized carbons (Fsp3) is 0.263. The van der Waals surface area contributed by atoms with Crippen LogP contribution in [0.4, 0.5) is 0 Å². The van der Waals surface area contributed by atoms with E-state index < -0.39 is 0 Å². The maximum absolute atomic E-state index is 6.28. The fourth-order valence-corrected chi connectivity index (χ4v) is 4.06. The summed E-state index contributed by atoms with van der Waals surface area (Å²) in [5.41, 5.74) is 11.5. The summed E-state index contributed by atoms with van der Waals surface area (Å²) in [6, 6.07) is 19.4. The predicted octanol–water partition coefficient (Wildman–Crippen LogP) is 0.402. The van der Waals surface area contributed by atoms with Crippen molar-refractivity contribution < 1.29 is 28.7 Å². The molecule has 3 nitrogen and oxygen atoms in total. The van der Waals surface area contributed by atoms with Gasteiger partial charge in [0.15, 0.2) is 6.04 Å². The van der Waals surface area contributed by atoms with E-state index in [1.165, 1.54) is 22.4 Å². The molecule has 124 valence electrons. The molecule has 1 heterocycles. The summed E-state index contributed by atoms with van der Waals surface area (Å²) >= 11 is 1.56. The number of hydrogen-bond donors (Lipinski definition) is 1. The van der Waals surface area contributed by atoms with Gasteiger partial charge in [-0.15, -0.1) is 4.68 Å². The molecule has 0 unspecified atom stereocenters. The van der Waals surface area contributed by atoms with Crippen LogP contribution in [0.3, 0.4) is 0 Å². The van der Waals surface area contributed by atoms with E-state index in [1.54, 1.807) is 11.8 Å². The van der Waals surface area contributed by atoms with Gasteiger partial charge in [0.05, 0.1) is 11.6 Å². The lowest BCUT2D eigenvalue weighted by atomic mass is 9.77. The number of hydrazone groups is 1. The van der Waals surface area contributed by atoms with E-state index in [4.69, 9.17) is 10.8 Å². The standard InChI is InChI=1S/C19H19N3S.HI/c1-23-19(20)22-18(14-8-3-2-4-9-14)16-12-11-13-7-5-6-10-15(13)17(16)21-22;/h2-10,16,18,20H,11-12H2,1H3;1H/t16-,18-;/m1./s1. The van der Waals surface area contributed by atoms with E-state index in [1.807, 2.05) is 10.9 Å². The third-order valence-electron chi connectivity index (χ3n) is 4.81. The molecule has 24 heavy (non-hydrogen) atoms. The predicted molar refractivity (Wildman–Crippen MR) is 96.9 cm³/mol. The number of halogens is 1. The number of amidine groups is 1. The van der Waals surface area contributed by atoms with Crippen LogP contribution in [0.5, 0.6) is 0 Å². The minimum atomic E-state index is 0. The third kappa shape index (κ3) is 2.88. The van der Waals surface area contributed by atoms with Crippen LogP contribution in [0, 0.1) is 5.92 Å². The molecule has 0 saturated heterocycles. The highest BCUT2D eigenvalue weighted by Crippen LogP contribution is 2.41. The summed E-state index contributed by atoms with van der Waals surface area (Å²) < 4.78 is 2.03. The summed E-state index contributed by atoms with van der Waals surface area (Å²) in [4.78, 5) is 0. The van der Waals surface area contributed by atoms with Crippen LogP contribution in [-0.4, -0.2) is 21.8 Å². The molecule has 0 saturated carbocycles. The first-order valence-corrected chi connectivity index (χ1v) is 9.19. The third-order valence-corrected chi connectivity index (χ3v) is 5.41. The number of fused-ring (bicyclic) bond motifs is 3. The van der Waals surface area contributed by atoms with Gasteiger partial charge in [-0.25, -0.2) is 0 Å². The highest BCUT2D eigenvalue weighted by Gasteiger charge is 2.44. The van der Waals surface area contributed by atoms with Crippen molar-refractivity contribution in [2.24, 2.45) is 16.8 Å². The Morgan fingerprint density at radius 3 is 2.58 bits per heavy atom. The molecule has 2 aliphatic rings. The second-order valence-corrected chi connectivity index (χ2v) is 6.86. The Morgan fingerprint density at radius 2 is 1.83 bits per heavy atom. The first-order chi connectivity index (χ1) is 11.3. The van der Waals surface area contributed by atoms with Gasteiger partial charge < -0.3 is 24.0 Å². The second kappa shape index (κ2) is 7.27. The van der Waals surface area contributed by atoms with Gasteiger partial charge in [0, 0.05) is 5.56 Å². The maximum atomic E-state index is 6.28. The zero-order chi connectivity index (χ0) is 15.8. The molecule has 1 aliphatic carbocycles. The van der Waals surface area contributed by atoms with E-state index in [2.05, 4.69) is 54.6 Å². The number of hydrogen-bond acceptors (Lipinski definition) is 2. The Bertz CT molecular complexity index is 801. The van der Waals surface area contributed by atoms with Gasteiger partial charge in [-0.2, -0.15) is 0 Å². The first kappa shape index (κ1) is 17.5. The molecule has 4 rings (SSSR count). The van der Waals surface area contributed by atoms with Gasteiger partial charge in [0.25, 0.3) is 0 Å². The van der Waals surface area contributed by atoms with Crippen molar-refractivity contribution >= 4 is 22.6 Å². The summed E-state index contributed by atoms with van der Waals surface area (Å²) in [5.74, 6) is 0.401. The summed E-state index contributed by atoms with van der Waals surface area (Å²) in [5, 5.41) is 5.71. The molecular formula is C19H20IN3S. The average molecular weight is 449 g/mol. The van der Waals surface area contributed by atoms with Gasteiger partial charge in [-0.05, 0) is 42.0 Å². The molecule has 2 aromatic rings. The van der Waals surface area contributed by atoms with Crippen molar-refractivity contribution in [2.45, 2.75) is 18.9 Å². The molecule has 2 aromatic carbocycles. The van der Waals surface area contributed by atoms with Crippen molar-refractivity contribution in [2.75, 3.05) is 6.26 Å². The zero-order valence-corrected chi connectivity index (χ0v) is 16.5. The normalized spacial score (nSPS) is 23.6. The first-order valence-electron chi connectivity index (χ1n) is 7.97. The lowest BCUT2D eigenvalue weighted by Crippen LogP contribution is -3.00. The molecule has 0 spiro atoms. The van der Waals surface area contributed by atoms with Crippen molar-refractivity contribution in [1.29, 1.82) is 0 Å². The van der Waals surface area contributed by atoms with Crippen molar-refractivity contribution in [3.05, 3.63) is 71.3 Å². The molecule has 0 radical (unpaired) electrons. The van der Waals surface area contributed by atoms with E-state index >= 15 is 0 Å². The van der Waals surface area contributed by atoms with E-state index in [-0.39, 0.29) is 30.0 Å². The monoisotopic (exact) mass is 449 g/mol. The van der Waals surface area contributed by atoms with E-state index in [9.17, 15) is 0 Å². The number of nitrogens with zero attached hydrogens (tertiary/aromatic N) is 2. The van der Waals surface area contributed by atoms with Crippen molar-refractivity contribution in [1.82, 2.24) is 0 Å².